The Kier molecular flexibility index (Phi) is 4.77. The Balaban J connectivity index is 1.49. The molecule has 2 aliphatic heterocycles. The molecule has 2 fully saturated rings. The van der Waals surface area contributed by atoms with Crippen molar-refractivity contribution in [1.82, 2.24) is 19.5 Å². The zero-order chi connectivity index (χ0) is 22.5. The van der Waals surface area contributed by atoms with Gasteiger partial charge in [-0.2, -0.15) is 9.97 Å². The van der Waals surface area contributed by atoms with Gasteiger partial charge in [-0.25, -0.2) is 9.78 Å². The predicted octanol–water partition coefficient (Wildman–Crippen LogP) is 1.35. The molecular weight excluding hydrogens is 416 g/mol. The van der Waals surface area contributed by atoms with Gasteiger partial charge in [-0.05, 0) is 25.8 Å². The molecule has 0 aliphatic carbocycles. The summed E-state index contributed by atoms with van der Waals surface area (Å²) in [5.74, 6) is -1.77. The van der Waals surface area contributed by atoms with Crippen LogP contribution in [-0.4, -0.2) is 61.7 Å². The quantitative estimate of drug-likeness (QED) is 0.513. The highest BCUT2D eigenvalue weighted by Crippen LogP contribution is 2.45. The van der Waals surface area contributed by atoms with Gasteiger partial charge in [0.15, 0.2) is 17.3 Å². The van der Waals surface area contributed by atoms with E-state index in [-0.39, 0.29) is 29.5 Å². The van der Waals surface area contributed by atoms with Gasteiger partial charge in [0.2, 0.25) is 5.95 Å². The molecule has 5 rings (SSSR count). The number of carbonyl (C=O) groups is 1. The largest absolute Gasteiger partial charge is 0.478 e. The number of aliphatic carboxylic acids is 1. The fourth-order valence-corrected chi connectivity index (χ4v) is 4.28. The summed E-state index contributed by atoms with van der Waals surface area (Å²) < 4.78 is 18.9. The van der Waals surface area contributed by atoms with Crippen LogP contribution in [0.1, 0.15) is 19.4 Å². The normalized spacial score (nSPS) is 26.3. The summed E-state index contributed by atoms with van der Waals surface area (Å²) in [5.41, 5.74) is 5.89. The van der Waals surface area contributed by atoms with Gasteiger partial charge in [-0.15, -0.1) is 0 Å². The lowest BCUT2D eigenvalue weighted by Crippen LogP contribution is -2.51. The second kappa shape index (κ2) is 7.40. The van der Waals surface area contributed by atoms with Crippen LogP contribution < -0.4 is 11.1 Å². The fraction of sp³-hybridized carbons (Fsp3) is 0.429. The molecule has 0 spiro atoms. The summed E-state index contributed by atoms with van der Waals surface area (Å²) in [4.78, 5) is 25.5. The molecule has 32 heavy (non-hydrogen) atoms. The first-order chi connectivity index (χ1) is 15.3. The van der Waals surface area contributed by atoms with E-state index in [0.717, 1.165) is 12.0 Å². The number of nitrogens with one attached hydrogen (secondary N) is 1. The van der Waals surface area contributed by atoms with Crippen molar-refractivity contribution in [3.63, 3.8) is 0 Å². The van der Waals surface area contributed by atoms with Crippen LogP contribution in [0.2, 0.25) is 0 Å². The summed E-state index contributed by atoms with van der Waals surface area (Å²) in [7, 11) is 0. The van der Waals surface area contributed by atoms with Gasteiger partial charge >= 0.3 is 5.97 Å². The second-order valence-corrected chi connectivity index (χ2v) is 8.29. The van der Waals surface area contributed by atoms with E-state index < -0.39 is 29.7 Å². The number of carboxylic acids is 1. The molecule has 0 amide bonds. The number of hydrogen-bond donors (Lipinski definition) is 3. The molecule has 2 aromatic heterocycles. The van der Waals surface area contributed by atoms with Crippen molar-refractivity contribution in [2.45, 2.75) is 44.0 Å². The topological polar surface area (TPSA) is 147 Å². The number of rotatable bonds is 6. The minimum absolute atomic E-state index is 0.0584. The van der Waals surface area contributed by atoms with Crippen LogP contribution in [0, 0.1) is 0 Å². The molecule has 2 saturated heterocycles. The van der Waals surface area contributed by atoms with E-state index in [1.165, 1.54) is 10.9 Å². The molecule has 0 bridgehead atoms. The average Bonchev–Trinajstić information content (AvgIpc) is 3.40. The lowest BCUT2D eigenvalue weighted by Gasteiger charge is -2.31. The molecule has 168 valence electrons. The SMILES string of the molecule is CC1(C)O[C@@H]2CO[C@@](C(=O)O)(n3cnc4c(N)nc(NCCc5ccccc5)nc43)[C@H]2O1. The Bertz CT molecular complexity index is 1170. The van der Waals surface area contributed by atoms with Gasteiger partial charge in [-0.3, -0.25) is 4.57 Å². The predicted molar refractivity (Wildman–Crippen MR) is 114 cm³/mol. The van der Waals surface area contributed by atoms with Gasteiger partial charge in [0, 0.05) is 6.54 Å². The maximum atomic E-state index is 12.5. The first-order valence-corrected chi connectivity index (χ1v) is 10.3. The standard InChI is InChI=1S/C21H24N6O5/c1-20(2)31-13-10-30-21(18(28)29,15(13)32-20)27-11-24-14-16(22)25-19(26-17(14)27)23-9-8-12-6-4-3-5-7-12/h3-7,11,13,15H,8-10H2,1-2H3,(H,28,29)(H3,22,23,25,26)/t13-,15+,21+/m1/s1. The monoisotopic (exact) mass is 440 g/mol. The highest BCUT2D eigenvalue weighted by molar-refractivity contribution is 5.86. The van der Waals surface area contributed by atoms with E-state index in [9.17, 15) is 9.90 Å². The minimum atomic E-state index is -1.89. The maximum absolute atomic E-state index is 12.5. The summed E-state index contributed by atoms with van der Waals surface area (Å²) in [6.45, 7) is 4.10. The number of ether oxygens (including phenoxy) is 3. The molecule has 11 nitrogen and oxygen atoms in total. The fourth-order valence-electron chi connectivity index (χ4n) is 4.28. The van der Waals surface area contributed by atoms with Crippen molar-refractivity contribution in [3.8, 4) is 0 Å². The maximum Gasteiger partial charge on any atom is 0.361 e. The molecule has 0 saturated carbocycles. The van der Waals surface area contributed by atoms with E-state index in [1.54, 1.807) is 13.8 Å². The van der Waals surface area contributed by atoms with Crippen LogP contribution in [0.15, 0.2) is 36.7 Å². The van der Waals surface area contributed by atoms with E-state index in [2.05, 4.69) is 20.3 Å². The first kappa shape index (κ1) is 20.6. The molecule has 11 heteroatoms. The van der Waals surface area contributed by atoms with Crippen LogP contribution >= 0.6 is 0 Å². The highest BCUT2D eigenvalue weighted by Gasteiger charge is 2.65. The van der Waals surface area contributed by atoms with Crippen LogP contribution in [0.3, 0.4) is 0 Å². The summed E-state index contributed by atoms with van der Waals surface area (Å²) in [6.07, 6.45) is 0.668. The Morgan fingerprint density at radius 1 is 1.28 bits per heavy atom. The van der Waals surface area contributed by atoms with Crippen LogP contribution in [0.25, 0.3) is 11.2 Å². The highest BCUT2D eigenvalue weighted by atomic mass is 16.8. The van der Waals surface area contributed by atoms with Crippen molar-refractivity contribution >= 4 is 28.9 Å². The number of aromatic nitrogens is 4. The lowest BCUT2D eigenvalue weighted by atomic mass is 10.0. The molecule has 3 aromatic rings. The number of carboxylic acid groups (broad SMARTS) is 1. The molecule has 3 atom stereocenters. The third-order valence-corrected chi connectivity index (χ3v) is 5.66. The van der Waals surface area contributed by atoms with Crippen LogP contribution in [0.5, 0.6) is 0 Å². The third-order valence-electron chi connectivity index (χ3n) is 5.66. The number of nitrogen functional groups attached to an aromatic ring is 1. The Hall–Kier alpha value is -3.28. The Morgan fingerprint density at radius 2 is 2.06 bits per heavy atom. The van der Waals surface area contributed by atoms with E-state index in [1.807, 2.05) is 30.3 Å². The van der Waals surface area contributed by atoms with Gasteiger partial charge < -0.3 is 30.4 Å². The van der Waals surface area contributed by atoms with E-state index >= 15 is 0 Å². The van der Waals surface area contributed by atoms with Crippen molar-refractivity contribution in [2.75, 3.05) is 24.2 Å². The molecule has 1 aromatic carbocycles. The van der Waals surface area contributed by atoms with Crippen molar-refractivity contribution in [3.05, 3.63) is 42.2 Å². The minimum Gasteiger partial charge on any atom is -0.478 e. The summed E-state index contributed by atoms with van der Waals surface area (Å²) in [5, 5.41) is 13.4. The number of anilines is 2. The van der Waals surface area contributed by atoms with Gasteiger partial charge in [0.1, 0.15) is 24.1 Å². The second-order valence-electron chi connectivity index (χ2n) is 8.29. The molecular formula is C21H24N6O5. The van der Waals surface area contributed by atoms with Gasteiger partial charge in [-0.1, -0.05) is 30.3 Å². The van der Waals surface area contributed by atoms with Crippen molar-refractivity contribution in [1.29, 1.82) is 0 Å². The van der Waals surface area contributed by atoms with E-state index in [0.29, 0.717) is 6.54 Å². The lowest BCUT2D eigenvalue weighted by molar-refractivity contribution is -0.223. The molecule has 2 aliphatic rings. The van der Waals surface area contributed by atoms with Crippen molar-refractivity contribution in [2.24, 2.45) is 0 Å². The zero-order valence-corrected chi connectivity index (χ0v) is 17.7. The number of nitrogens with two attached hydrogens (primary N) is 1. The number of hydrogen-bond acceptors (Lipinski definition) is 9. The number of benzene rings is 1. The number of imidazole rings is 1. The molecule has 0 radical (unpaired) electrons. The molecule has 0 unspecified atom stereocenters. The first-order valence-electron chi connectivity index (χ1n) is 10.3. The van der Waals surface area contributed by atoms with Gasteiger partial charge in [0.05, 0.1) is 6.61 Å². The van der Waals surface area contributed by atoms with Crippen LogP contribution in [-0.2, 0) is 31.2 Å². The summed E-state index contributed by atoms with van der Waals surface area (Å²) in [6, 6.07) is 9.98. The third kappa shape index (κ3) is 3.25. The Morgan fingerprint density at radius 3 is 2.81 bits per heavy atom. The van der Waals surface area contributed by atoms with Gasteiger partial charge in [0.25, 0.3) is 5.72 Å². The Labute approximate surface area is 183 Å². The van der Waals surface area contributed by atoms with Crippen LogP contribution in [0.4, 0.5) is 11.8 Å². The molecule has 4 heterocycles. The summed E-state index contributed by atoms with van der Waals surface area (Å²) >= 11 is 0. The molecule has 4 N–H and O–H groups in total. The van der Waals surface area contributed by atoms with E-state index in [4.69, 9.17) is 19.9 Å². The number of fused-ring (bicyclic) bond motifs is 2. The number of nitrogens with zero attached hydrogens (tertiary/aromatic N) is 4. The van der Waals surface area contributed by atoms with Crippen molar-refractivity contribution < 1.29 is 24.1 Å². The zero-order valence-electron chi connectivity index (χ0n) is 17.7. The average molecular weight is 440 g/mol. The smallest absolute Gasteiger partial charge is 0.361 e.